The van der Waals surface area contributed by atoms with Crippen LogP contribution in [0.3, 0.4) is 0 Å². The maximum Gasteiger partial charge on any atom is 0.0589 e. The Morgan fingerprint density at radius 3 is 2.44 bits per heavy atom. The first kappa shape index (κ1) is 15.9. The lowest BCUT2D eigenvalue weighted by Crippen LogP contribution is -2.34. The molecule has 1 fully saturated rings. The number of hydrogen-bond donors (Lipinski definition) is 1. The molecule has 0 aromatic rings. The monoisotopic (exact) mass is 256 g/mol. The minimum absolute atomic E-state index is 0.636. The lowest BCUT2D eigenvalue weighted by atomic mass is 10.1. The fourth-order valence-electron chi connectivity index (χ4n) is 2.22. The van der Waals surface area contributed by atoms with Crippen molar-refractivity contribution in [3.63, 3.8) is 0 Å². The van der Waals surface area contributed by atoms with Gasteiger partial charge in [-0.15, -0.1) is 0 Å². The van der Waals surface area contributed by atoms with Gasteiger partial charge in [-0.1, -0.05) is 12.8 Å². The van der Waals surface area contributed by atoms with E-state index in [0.717, 1.165) is 19.2 Å². The standard InChI is InChI=1S/C15H32N2O/c1-14(2)17(12-13-18-3)11-7-5-4-6-10-16-15-8-9-15/h14-16H,4-13H2,1-3H3. The number of ether oxygens (including phenoxy) is 1. The quantitative estimate of drug-likeness (QED) is 0.543. The molecule has 18 heavy (non-hydrogen) atoms. The van der Waals surface area contributed by atoms with E-state index in [0.29, 0.717) is 6.04 Å². The van der Waals surface area contributed by atoms with Crippen LogP contribution in [0.25, 0.3) is 0 Å². The van der Waals surface area contributed by atoms with E-state index < -0.39 is 0 Å². The third-order valence-corrected chi connectivity index (χ3v) is 3.70. The zero-order valence-corrected chi connectivity index (χ0v) is 12.6. The van der Waals surface area contributed by atoms with Crippen LogP contribution in [0.1, 0.15) is 52.4 Å². The second-order valence-electron chi connectivity index (χ2n) is 5.77. The molecule has 0 aliphatic heterocycles. The third kappa shape index (κ3) is 8.06. The Kier molecular flexibility index (Phi) is 8.64. The summed E-state index contributed by atoms with van der Waals surface area (Å²) in [4.78, 5) is 2.52. The van der Waals surface area contributed by atoms with Gasteiger partial charge in [-0.3, -0.25) is 4.90 Å². The van der Waals surface area contributed by atoms with Gasteiger partial charge in [0.25, 0.3) is 0 Å². The predicted molar refractivity (Wildman–Crippen MR) is 78.1 cm³/mol. The molecule has 1 saturated carbocycles. The van der Waals surface area contributed by atoms with Gasteiger partial charge in [0.05, 0.1) is 6.61 Å². The Balaban J connectivity index is 1.89. The van der Waals surface area contributed by atoms with Gasteiger partial charge in [0.15, 0.2) is 0 Å². The Bertz CT molecular complexity index is 193. The Hall–Kier alpha value is -0.120. The van der Waals surface area contributed by atoms with E-state index in [4.69, 9.17) is 4.74 Å². The first-order chi connectivity index (χ1) is 8.74. The molecule has 1 N–H and O–H groups in total. The molecule has 0 amide bonds. The highest BCUT2D eigenvalue weighted by Gasteiger charge is 2.19. The molecule has 0 atom stereocenters. The number of rotatable bonds is 12. The highest BCUT2D eigenvalue weighted by Crippen LogP contribution is 2.18. The van der Waals surface area contributed by atoms with E-state index in [2.05, 4.69) is 24.1 Å². The first-order valence-corrected chi connectivity index (χ1v) is 7.70. The summed E-state index contributed by atoms with van der Waals surface area (Å²) in [6.07, 6.45) is 8.21. The minimum Gasteiger partial charge on any atom is -0.383 e. The maximum atomic E-state index is 5.16. The fourth-order valence-corrected chi connectivity index (χ4v) is 2.22. The molecule has 0 radical (unpaired) electrons. The van der Waals surface area contributed by atoms with Crippen LogP contribution in [-0.4, -0.2) is 50.3 Å². The summed E-state index contributed by atoms with van der Waals surface area (Å²) in [6, 6.07) is 1.51. The van der Waals surface area contributed by atoms with E-state index in [9.17, 15) is 0 Å². The van der Waals surface area contributed by atoms with Crippen molar-refractivity contribution in [1.29, 1.82) is 0 Å². The number of nitrogens with one attached hydrogen (secondary N) is 1. The molecule has 1 rings (SSSR count). The summed E-state index contributed by atoms with van der Waals surface area (Å²) >= 11 is 0. The molecule has 0 aromatic heterocycles. The van der Waals surface area contributed by atoms with Crippen LogP contribution in [0.4, 0.5) is 0 Å². The summed E-state index contributed by atoms with van der Waals surface area (Å²) in [7, 11) is 1.78. The molecule has 0 heterocycles. The second kappa shape index (κ2) is 9.76. The van der Waals surface area contributed by atoms with Crippen LogP contribution in [0.2, 0.25) is 0 Å². The van der Waals surface area contributed by atoms with Crippen LogP contribution < -0.4 is 5.32 Å². The molecular weight excluding hydrogens is 224 g/mol. The average Bonchev–Trinajstić information content (AvgIpc) is 3.15. The minimum atomic E-state index is 0.636. The van der Waals surface area contributed by atoms with Gasteiger partial charge in [-0.2, -0.15) is 0 Å². The molecular formula is C15H32N2O. The molecule has 3 nitrogen and oxygen atoms in total. The van der Waals surface area contributed by atoms with Crippen LogP contribution in [0, 0.1) is 0 Å². The van der Waals surface area contributed by atoms with Gasteiger partial charge >= 0.3 is 0 Å². The third-order valence-electron chi connectivity index (χ3n) is 3.70. The number of methoxy groups -OCH3 is 1. The molecule has 1 aliphatic rings. The summed E-state index contributed by atoms with van der Waals surface area (Å²) in [5, 5.41) is 3.58. The highest BCUT2D eigenvalue weighted by molar-refractivity contribution is 4.80. The van der Waals surface area contributed by atoms with E-state index in [1.807, 2.05) is 0 Å². The van der Waals surface area contributed by atoms with Gasteiger partial charge in [0.1, 0.15) is 0 Å². The zero-order chi connectivity index (χ0) is 13.2. The molecule has 3 heteroatoms. The normalized spacial score (nSPS) is 15.8. The van der Waals surface area contributed by atoms with Gasteiger partial charge < -0.3 is 10.1 Å². The number of unbranched alkanes of at least 4 members (excludes halogenated alkanes) is 3. The SMILES string of the molecule is COCCN(CCCCCCNC1CC1)C(C)C. The average molecular weight is 256 g/mol. The summed E-state index contributed by atoms with van der Waals surface area (Å²) in [5.41, 5.74) is 0. The summed E-state index contributed by atoms with van der Waals surface area (Å²) < 4.78 is 5.16. The zero-order valence-electron chi connectivity index (χ0n) is 12.6. The van der Waals surface area contributed by atoms with Crippen LogP contribution in [0.15, 0.2) is 0 Å². The van der Waals surface area contributed by atoms with Crippen molar-refractivity contribution < 1.29 is 4.74 Å². The van der Waals surface area contributed by atoms with E-state index >= 15 is 0 Å². The molecule has 0 aromatic carbocycles. The predicted octanol–water partition coefficient (Wildman–Crippen LogP) is 2.66. The highest BCUT2D eigenvalue weighted by atomic mass is 16.5. The molecule has 108 valence electrons. The Morgan fingerprint density at radius 2 is 1.83 bits per heavy atom. The molecule has 0 saturated heterocycles. The largest absolute Gasteiger partial charge is 0.383 e. The fraction of sp³-hybridized carbons (Fsp3) is 1.00. The van der Waals surface area contributed by atoms with Crippen molar-refractivity contribution in [3.05, 3.63) is 0 Å². The van der Waals surface area contributed by atoms with E-state index in [1.54, 1.807) is 7.11 Å². The number of nitrogens with zero attached hydrogens (tertiary/aromatic N) is 1. The van der Waals surface area contributed by atoms with Crippen molar-refractivity contribution in [2.45, 2.75) is 64.5 Å². The van der Waals surface area contributed by atoms with Crippen molar-refractivity contribution in [3.8, 4) is 0 Å². The molecule has 0 spiro atoms. The van der Waals surface area contributed by atoms with Gasteiger partial charge in [0.2, 0.25) is 0 Å². The molecule has 0 unspecified atom stereocenters. The lowest BCUT2D eigenvalue weighted by Gasteiger charge is -2.26. The molecule has 0 bridgehead atoms. The molecule has 1 aliphatic carbocycles. The number of hydrogen-bond acceptors (Lipinski definition) is 3. The second-order valence-corrected chi connectivity index (χ2v) is 5.77. The van der Waals surface area contributed by atoms with E-state index in [-0.39, 0.29) is 0 Å². The summed E-state index contributed by atoms with van der Waals surface area (Å²) in [6.45, 7) is 8.91. The smallest absolute Gasteiger partial charge is 0.0589 e. The van der Waals surface area contributed by atoms with Gasteiger partial charge in [-0.25, -0.2) is 0 Å². The maximum absolute atomic E-state index is 5.16. The topological polar surface area (TPSA) is 24.5 Å². The van der Waals surface area contributed by atoms with Crippen LogP contribution in [0.5, 0.6) is 0 Å². The van der Waals surface area contributed by atoms with Crippen molar-refractivity contribution in [1.82, 2.24) is 10.2 Å². The van der Waals surface area contributed by atoms with Gasteiger partial charge in [0, 0.05) is 25.7 Å². The van der Waals surface area contributed by atoms with Crippen LogP contribution >= 0.6 is 0 Å². The lowest BCUT2D eigenvalue weighted by molar-refractivity contribution is 0.128. The Labute approximate surface area is 113 Å². The van der Waals surface area contributed by atoms with Crippen molar-refractivity contribution in [2.24, 2.45) is 0 Å². The first-order valence-electron chi connectivity index (χ1n) is 7.70. The van der Waals surface area contributed by atoms with Crippen molar-refractivity contribution >= 4 is 0 Å². The Morgan fingerprint density at radius 1 is 1.11 bits per heavy atom. The summed E-state index contributed by atoms with van der Waals surface area (Å²) in [5.74, 6) is 0. The van der Waals surface area contributed by atoms with Crippen LogP contribution in [-0.2, 0) is 4.74 Å². The van der Waals surface area contributed by atoms with Gasteiger partial charge in [-0.05, 0) is 52.6 Å². The van der Waals surface area contributed by atoms with Crippen molar-refractivity contribution in [2.75, 3.05) is 33.4 Å². The van der Waals surface area contributed by atoms with E-state index in [1.165, 1.54) is 51.6 Å².